The second kappa shape index (κ2) is 7.59. The molecule has 2 fully saturated rings. The lowest BCUT2D eigenvalue weighted by Gasteiger charge is -2.33. The molecule has 0 bridgehead atoms. The van der Waals surface area contributed by atoms with Gasteiger partial charge in [0.2, 0.25) is 15.9 Å². The Morgan fingerprint density at radius 2 is 1.74 bits per heavy atom. The first-order valence-corrected chi connectivity index (χ1v) is 10.8. The van der Waals surface area contributed by atoms with Crippen molar-refractivity contribution in [1.82, 2.24) is 9.62 Å². The van der Waals surface area contributed by atoms with Crippen LogP contribution < -0.4 is 5.32 Å². The summed E-state index contributed by atoms with van der Waals surface area (Å²) in [6.07, 6.45) is 5.09. The monoisotopic (exact) mass is 394 g/mol. The number of piperidine rings is 1. The smallest absolute Gasteiger partial charge is 0.337 e. The van der Waals surface area contributed by atoms with Crippen molar-refractivity contribution in [3.8, 4) is 0 Å². The van der Waals surface area contributed by atoms with Gasteiger partial charge < -0.3 is 10.4 Å². The average Bonchev–Trinajstić information content (AvgIpc) is 3.07. The fourth-order valence-corrected chi connectivity index (χ4v) is 5.70. The Morgan fingerprint density at radius 3 is 2.33 bits per heavy atom. The zero-order chi connectivity index (χ0) is 19.7. The highest BCUT2D eigenvalue weighted by atomic mass is 32.2. The van der Waals surface area contributed by atoms with Gasteiger partial charge in [0.1, 0.15) is 0 Å². The van der Waals surface area contributed by atoms with E-state index >= 15 is 0 Å². The van der Waals surface area contributed by atoms with Crippen molar-refractivity contribution in [2.45, 2.75) is 55.9 Å². The first kappa shape index (κ1) is 19.8. The number of carboxylic acids is 1. The molecule has 1 aromatic carbocycles. The lowest BCUT2D eigenvalue weighted by Crippen LogP contribution is -2.49. The molecule has 0 aromatic heterocycles. The Bertz CT molecular complexity index is 822. The molecular formula is C19H26N2O5S. The van der Waals surface area contributed by atoms with Crippen LogP contribution in [0.15, 0.2) is 29.2 Å². The number of nitrogens with one attached hydrogen (secondary N) is 1. The number of hydrogen-bond acceptors (Lipinski definition) is 4. The molecule has 0 unspecified atom stereocenters. The zero-order valence-corrected chi connectivity index (χ0v) is 16.3. The van der Waals surface area contributed by atoms with Gasteiger partial charge in [0.05, 0.1) is 10.5 Å². The van der Waals surface area contributed by atoms with E-state index in [0.29, 0.717) is 12.8 Å². The summed E-state index contributed by atoms with van der Waals surface area (Å²) in [5.74, 6) is -1.47. The quantitative estimate of drug-likeness (QED) is 0.797. The molecular weight excluding hydrogens is 368 g/mol. The summed E-state index contributed by atoms with van der Waals surface area (Å²) in [4.78, 5) is 23.7. The summed E-state index contributed by atoms with van der Waals surface area (Å²) in [5.41, 5.74) is -0.368. The van der Waals surface area contributed by atoms with Gasteiger partial charge in [-0.2, -0.15) is 4.31 Å². The van der Waals surface area contributed by atoms with Crippen LogP contribution in [0.25, 0.3) is 0 Å². The number of hydrogen-bond donors (Lipinski definition) is 2. The summed E-state index contributed by atoms with van der Waals surface area (Å²) in [5, 5.41) is 12.4. The van der Waals surface area contributed by atoms with Crippen LogP contribution in [0.5, 0.6) is 0 Å². The second-order valence-electron chi connectivity index (χ2n) is 7.74. The molecule has 0 radical (unpaired) electrons. The summed E-state index contributed by atoms with van der Waals surface area (Å²) in [7, 11) is -3.90. The lowest BCUT2D eigenvalue weighted by molar-refractivity contribution is -0.127. The van der Waals surface area contributed by atoms with E-state index in [4.69, 9.17) is 0 Å². The van der Waals surface area contributed by atoms with Crippen molar-refractivity contribution in [2.75, 3.05) is 13.1 Å². The number of rotatable bonds is 5. The van der Waals surface area contributed by atoms with E-state index in [1.165, 1.54) is 28.6 Å². The Labute approximate surface area is 159 Å². The van der Waals surface area contributed by atoms with Gasteiger partial charge in [0.15, 0.2) is 0 Å². The molecule has 27 heavy (non-hydrogen) atoms. The fraction of sp³-hybridized carbons (Fsp3) is 0.579. The van der Waals surface area contributed by atoms with Crippen molar-refractivity contribution in [1.29, 1.82) is 0 Å². The summed E-state index contributed by atoms with van der Waals surface area (Å²) < 4.78 is 27.0. The Hall–Kier alpha value is -1.93. The van der Waals surface area contributed by atoms with Gasteiger partial charge in [0, 0.05) is 24.5 Å². The molecule has 2 N–H and O–H groups in total. The van der Waals surface area contributed by atoms with Crippen molar-refractivity contribution in [2.24, 2.45) is 5.92 Å². The molecule has 2 aliphatic rings. The Morgan fingerprint density at radius 1 is 1.15 bits per heavy atom. The van der Waals surface area contributed by atoms with Gasteiger partial charge in [-0.05, 0) is 44.7 Å². The topological polar surface area (TPSA) is 104 Å². The molecule has 1 aliphatic heterocycles. The number of nitrogens with zero attached hydrogens (tertiary/aromatic N) is 1. The highest BCUT2D eigenvalue weighted by Gasteiger charge is 2.36. The number of benzene rings is 1. The standard InChI is InChI=1S/C19H26N2O5S/c1-19(10-4-5-11-19)20-17(22)14-8-12-21(13-9-14)27(25,26)16-7-3-2-6-15(16)18(23)24/h2-3,6-7,14H,4-5,8-13H2,1H3,(H,20,22)(H,23,24). The van der Waals surface area contributed by atoms with Crippen LogP contribution in [0.4, 0.5) is 0 Å². The minimum Gasteiger partial charge on any atom is -0.478 e. The minimum atomic E-state index is -3.90. The maximum Gasteiger partial charge on any atom is 0.337 e. The third kappa shape index (κ3) is 4.16. The second-order valence-corrected chi connectivity index (χ2v) is 9.64. The fourth-order valence-electron chi connectivity index (χ4n) is 4.05. The molecule has 1 aliphatic carbocycles. The molecule has 3 rings (SSSR count). The van der Waals surface area contributed by atoms with E-state index in [1.54, 1.807) is 0 Å². The number of carboxylic acid groups (broad SMARTS) is 1. The molecule has 8 heteroatoms. The molecule has 1 amide bonds. The third-order valence-corrected chi connectivity index (χ3v) is 7.65. The average molecular weight is 394 g/mol. The van der Waals surface area contributed by atoms with E-state index in [2.05, 4.69) is 12.2 Å². The Kier molecular flexibility index (Phi) is 5.58. The number of aromatic carboxylic acids is 1. The third-order valence-electron chi connectivity index (χ3n) is 5.69. The Balaban J connectivity index is 1.66. The van der Waals surface area contributed by atoms with Crippen molar-refractivity contribution >= 4 is 21.9 Å². The largest absolute Gasteiger partial charge is 0.478 e. The molecule has 1 heterocycles. The zero-order valence-electron chi connectivity index (χ0n) is 15.5. The van der Waals surface area contributed by atoms with Gasteiger partial charge in [-0.15, -0.1) is 0 Å². The highest BCUT2D eigenvalue weighted by Crippen LogP contribution is 2.31. The van der Waals surface area contributed by atoms with E-state index in [0.717, 1.165) is 25.7 Å². The normalized spacial score (nSPS) is 21.1. The SMILES string of the molecule is CC1(NC(=O)C2CCN(S(=O)(=O)c3ccccc3C(=O)O)CC2)CCCC1. The summed E-state index contributed by atoms with van der Waals surface area (Å²) >= 11 is 0. The first-order chi connectivity index (χ1) is 12.7. The molecule has 0 spiro atoms. The van der Waals surface area contributed by atoms with E-state index in [-0.39, 0.29) is 40.9 Å². The van der Waals surface area contributed by atoms with Crippen LogP contribution in [0, 0.1) is 5.92 Å². The molecule has 0 atom stereocenters. The van der Waals surface area contributed by atoms with Crippen molar-refractivity contribution in [3.05, 3.63) is 29.8 Å². The number of amides is 1. The molecule has 1 saturated carbocycles. The van der Waals surface area contributed by atoms with Gasteiger partial charge in [-0.25, -0.2) is 13.2 Å². The van der Waals surface area contributed by atoms with Crippen LogP contribution in [0.3, 0.4) is 0 Å². The van der Waals surface area contributed by atoms with Crippen LogP contribution in [-0.2, 0) is 14.8 Å². The summed E-state index contributed by atoms with van der Waals surface area (Å²) in [6, 6.07) is 5.63. The minimum absolute atomic E-state index is 0.00221. The van der Waals surface area contributed by atoms with Crippen molar-refractivity contribution < 1.29 is 23.1 Å². The number of carbonyl (C=O) groups is 2. The molecule has 148 valence electrons. The summed E-state index contributed by atoms with van der Waals surface area (Å²) in [6.45, 7) is 2.50. The van der Waals surface area contributed by atoms with Gasteiger partial charge in [0.25, 0.3) is 0 Å². The van der Waals surface area contributed by atoms with Crippen molar-refractivity contribution in [3.63, 3.8) is 0 Å². The molecule has 1 aromatic rings. The van der Waals surface area contributed by atoms with Crippen LogP contribution >= 0.6 is 0 Å². The first-order valence-electron chi connectivity index (χ1n) is 9.37. The van der Waals surface area contributed by atoms with Crippen LogP contribution in [0.1, 0.15) is 55.8 Å². The predicted octanol–water partition coefficient (Wildman–Crippen LogP) is 2.23. The number of carbonyl (C=O) groups excluding carboxylic acids is 1. The van der Waals surface area contributed by atoms with Crippen LogP contribution in [-0.4, -0.2) is 48.3 Å². The highest BCUT2D eigenvalue weighted by molar-refractivity contribution is 7.89. The lowest BCUT2D eigenvalue weighted by atomic mass is 9.94. The van der Waals surface area contributed by atoms with Gasteiger partial charge in [-0.3, -0.25) is 4.79 Å². The van der Waals surface area contributed by atoms with Crippen LogP contribution in [0.2, 0.25) is 0 Å². The van der Waals surface area contributed by atoms with Gasteiger partial charge >= 0.3 is 5.97 Å². The van der Waals surface area contributed by atoms with E-state index in [1.807, 2.05) is 0 Å². The maximum absolute atomic E-state index is 12.9. The molecule has 7 nitrogen and oxygen atoms in total. The maximum atomic E-state index is 12.9. The van der Waals surface area contributed by atoms with E-state index < -0.39 is 16.0 Å². The van der Waals surface area contributed by atoms with Gasteiger partial charge in [-0.1, -0.05) is 25.0 Å². The molecule has 1 saturated heterocycles. The van der Waals surface area contributed by atoms with E-state index in [9.17, 15) is 23.1 Å². The predicted molar refractivity (Wildman–Crippen MR) is 99.9 cm³/mol. The number of sulfonamides is 1.